The molecule has 0 aliphatic carbocycles. The summed E-state index contributed by atoms with van der Waals surface area (Å²) in [4.78, 5) is 11.4. The van der Waals surface area contributed by atoms with E-state index in [-0.39, 0.29) is 5.97 Å². The Hall–Kier alpha value is -1.22. The van der Waals surface area contributed by atoms with Crippen molar-refractivity contribution in [3.05, 3.63) is 34.9 Å². The second-order valence-corrected chi connectivity index (χ2v) is 5.05. The van der Waals surface area contributed by atoms with Crippen LogP contribution in [0, 0.1) is 0 Å². The molecule has 0 atom stereocenters. The van der Waals surface area contributed by atoms with Crippen LogP contribution in [-0.2, 0) is 9.53 Å². The summed E-state index contributed by atoms with van der Waals surface area (Å²) in [6.45, 7) is 5.45. The molecule has 0 aliphatic rings. The van der Waals surface area contributed by atoms with Gasteiger partial charge in [-0.2, -0.15) is 0 Å². The average Bonchev–Trinajstić information content (AvgIpc) is 2.17. The van der Waals surface area contributed by atoms with Gasteiger partial charge in [0.05, 0.1) is 0 Å². The summed E-state index contributed by atoms with van der Waals surface area (Å²) in [5.41, 5.74) is 0.830. The van der Waals surface area contributed by atoms with E-state index in [1.54, 1.807) is 24.3 Å². The number of ether oxygens (including phenoxy) is 1. The average molecular weight is 249 g/mol. The number of carbonyl (C=O) groups is 1. The summed E-state index contributed by atoms with van der Waals surface area (Å²) in [7, 11) is 5.58. The van der Waals surface area contributed by atoms with Crippen LogP contribution in [0.15, 0.2) is 24.3 Å². The number of benzene rings is 1. The molecule has 88 valence electrons. The largest absolute Gasteiger partial charge is 0.457 e. The highest BCUT2D eigenvalue weighted by atomic mass is 35.5. The van der Waals surface area contributed by atoms with Crippen LogP contribution in [-0.4, -0.2) is 19.4 Å². The maximum absolute atomic E-state index is 11.4. The van der Waals surface area contributed by atoms with Gasteiger partial charge in [-0.05, 0) is 38.5 Å². The Morgan fingerprint density at radius 3 is 2.59 bits per heavy atom. The number of halogens is 1. The first-order valence-electron chi connectivity index (χ1n) is 5.24. The van der Waals surface area contributed by atoms with Crippen molar-refractivity contribution < 1.29 is 9.53 Å². The highest BCUT2D eigenvalue weighted by molar-refractivity contribution is 6.45. The van der Waals surface area contributed by atoms with Crippen LogP contribution in [0.4, 0.5) is 0 Å². The minimum absolute atomic E-state index is 0.384. The van der Waals surface area contributed by atoms with E-state index in [0.29, 0.717) is 10.5 Å². The van der Waals surface area contributed by atoms with Gasteiger partial charge in [0.2, 0.25) is 0 Å². The lowest BCUT2D eigenvalue weighted by Crippen LogP contribution is -2.22. The van der Waals surface area contributed by atoms with Crippen LogP contribution in [0.1, 0.15) is 26.3 Å². The van der Waals surface area contributed by atoms with Crippen LogP contribution in [0.2, 0.25) is 5.02 Å². The van der Waals surface area contributed by atoms with E-state index in [0.717, 1.165) is 5.56 Å². The fourth-order valence-electron chi connectivity index (χ4n) is 1.15. The number of rotatable bonds is 2. The zero-order valence-corrected chi connectivity index (χ0v) is 10.9. The Balaban J connectivity index is 2.71. The quantitative estimate of drug-likeness (QED) is 0.457. The molecule has 17 heavy (non-hydrogen) atoms. The van der Waals surface area contributed by atoms with Crippen molar-refractivity contribution in [2.24, 2.45) is 0 Å². The van der Waals surface area contributed by atoms with Crippen molar-refractivity contribution >= 4 is 37.0 Å². The minimum Gasteiger partial charge on any atom is -0.457 e. The van der Waals surface area contributed by atoms with E-state index in [1.807, 2.05) is 20.8 Å². The van der Waals surface area contributed by atoms with Crippen molar-refractivity contribution in [3.8, 4) is 0 Å². The molecule has 0 aliphatic heterocycles. The third kappa shape index (κ3) is 5.09. The van der Waals surface area contributed by atoms with E-state index >= 15 is 0 Å². The first-order chi connectivity index (χ1) is 7.78. The molecule has 0 amide bonds. The van der Waals surface area contributed by atoms with Crippen LogP contribution < -0.4 is 5.46 Å². The maximum Gasteiger partial charge on any atom is 0.331 e. The number of hydrogen-bond acceptors (Lipinski definition) is 2. The highest BCUT2D eigenvalue weighted by Crippen LogP contribution is 2.11. The molecule has 0 N–H and O–H groups in total. The van der Waals surface area contributed by atoms with E-state index in [4.69, 9.17) is 24.2 Å². The van der Waals surface area contributed by atoms with Crippen molar-refractivity contribution in [1.82, 2.24) is 0 Å². The third-order valence-electron chi connectivity index (χ3n) is 1.84. The first-order valence-corrected chi connectivity index (χ1v) is 5.62. The van der Waals surface area contributed by atoms with Crippen LogP contribution in [0.3, 0.4) is 0 Å². The van der Waals surface area contributed by atoms with E-state index in [2.05, 4.69) is 0 Å². The summed E-state index contributed by atoms with van der Waals surface area (Å²) in [5, 5.41) is 0.469. The summed E-state index contributed by atoms with van der Waals surface area (Å²) < 4.78 is 5.13. The summed E-state index contributed by atoms with van der Waals surface area (Å²) in [6.07, 6.45) is 3.01. The second kappa shape index (κ2) is 5.41. The number of hydrogen-bond donors (Lipinski definition) is 0. The smallest absolute Gasteiger partial charge is 0.331 e. The molecule has 2 radical (unpaired) electrons. The predicted molar refractivity (Wildman–Crippen MR) is 71.7 cm³/mol. The zero-order chi connectivity index (χ0) is 13.1. The molecule has 0 spiro atoms. The second-order valence-electron chi connectivity index (χ2n) is 4.65. The number of esters is 1. The highest BCUT2D eigenvalue weighted by Gasteiger charge is 2.13. The van der Waals surface area contributed by atoms with Crippen molar-refractivity contribution in [3.63, 3.8) is 0 Å². The van der Waals surface area contributed by atoms with Crippen LogP contribution >= 0.6 is 11.6 Å². The van der Waals surface area contributed by atoms with Crippen LogP contribution in [0.25, 0.3) is 6.08 Å². The predicted octanol–water partition coefficient (Wildman–Crippen LogP) is 2.49. The Bertz CT molecular complexity index is 447. The van der Waals surface area contributed by atoms with Gasteiger partial charge >= 0.3 is 5.97 Å². The molecule has 2 nitrogen and oxygen atoms in total. The standard InChI is InChI=1S/C13H14BClO2/c1-13(2,3)17-12(16)7-5-9-4-6-10(14)11(15)8-9/h4-8H,1-3H3/b7-5+. The van der Waals surface area contributed by atoms with Gasteiger partial charge < -0.3 is 4.74 Å². The minimum atomic E-state index is -0.486. The van der Waals surface area contributed by atoms with Gasteiger partial charge in [0.25, 0.3) is 0 Å². The molecule has 0 aromatic heterocycles. The molecular formula is C13H14BClO2. The van der Waals surface area contributed by atoms with Gasteiger partial charge in [0.1, 0.15) is 13.4 Å². The van der Waals surface area contributed by atoms with Gasteiger partial charge in [0, 0.05) is 11.1 Å². The lowest BCUT2D eigenvalue weighted by molar-refractivity contribution is -0.148. The monoisotopic (exact) mass is 248 g/mol. The Labute approximate surface area is 108 Å². The van der Waals surface area contributed by atoms with Gasteiger partial charge in [-0.25, -0.2) is 4.79 Å². The fourth-order valence-corrected chi connectivity index (χ4v) is 1.34. The molecular weight excluding hydrogens is 234 g/mol. The zero-order valence-electron chi connectivity index (χ0n) is 10.2. The lowest BCUT2D eigenvalue weighted by atomic mass is 9.95. The summed E-state index contributed by atoms with van der Waals surface area (Å²) in [5.74, 6) is -0.384. The molecule has 1 aromatic rings. The molecule has 0 heterocycles. The van der Waals surface area contributed by atoms with E-state index in [1.165, 1.54) is 6.08 Å². The van der Waals surface area contributed by atoms with E-state index in [9.17, 15) is 4.79 Å². The maximum atomic E-state index is 11.4. The molecule has 1 aromatic carbocycles. The molecule has 1 rings (SSSR count). The fraction of sp³-hybridized carbons (Fsp3) is 0.308. The lowest BCUT2D eigenvalue weighted by Gasteiger charge is -2.17. The van der Waals surface area contributed by atoms with Crippen molar-refractivity contribution in [2.75, 3.05) is 0 Å². The van der Waals surface area contributed by atoms with Crippen molar-refractivity contribution in [2.45, 2.75) is 26.4 Å². The Morgan fingerprint density at radius 2 is 2.06 bits per heavy atom. The molecule has 0 saturated heterocycles. The summed E-state index contributed by atoms with van der Waals surface area (Å²) in [6, 6.07) is 5.16. The molecule has 4 heteroatoms. The van der Waals surface area contributed by atoms with E-state index < -0.39 is 5.60 Å². The van der Waals surface area contributed by atoms with Crippen LogP contribution in [0.5, 0.6) is 0 Å². The third-order valence-corrected chi connectivity index (χ3v) is 2.17. The normalized spacial score (nSPS) is 11.8. The van der Waals surface area contributed by atoms with Gasteiger partial charge in [-0.15, -0.1) is 0 Å². The van der Waals surface area contributed by atoms with Gasteiger partial charge in [0.15, 0.2) is 0 Å². The molecule has 0 unspecified atom stereocenters. The van der Waals surface area contributed by atoms with Gasteiger partial charge in [-0.3, -0.25) is 0 Å². The Morgan fingerprint density at radius 1 is 1.41 bits per heavy atom. The molecule has 0 fully saturated rings. The van der Waals surface area contributed by atoms with Gasteiger partial charge in [-0.1, -0.05) is 29.2 Å². The van der Waals surface area contributed by atoms with Crippen molar-refractivity contribution in [1.29, 1.82) is 0 Å². The Kier molecular flexibility index (Phi) is 4.41. The molecule has 0 bridgehead atoms. The summed E-state index contributed by atoms with van der Waals surface area (Å²) >= 11 is 5.86. The topological polar surface area (TPSA) is 26.3 Å². The number of carbonyl (C=O) groups excluding carboxylic acids is 1. The first kappa shape index (κ1) is 13.8. The molecule has 0 saturated carbocycles. The SMILES string of the molecule is [B]c1ccc(/C=C/C(=O)OC(C)(C)C)cc1Cl.